The van der Waals surface area contributed by atoms with Crippen molar-refractivity contribution >= 4 is 28.9 Å². The molecule has 0 radical (unpaired) electrons. The first kappa shape index (κ1) is 14.2. The Bertz CT molecular complexity index is 626. The monoisotopic (exact) mass is 298 g/mol. The summed E-state index contributed by atoms with van der Waals surface area (Å²) in [7, 11) is 1.83. The summed E-state index contributed by atoms with van der Waals surface area (Å²) in [6.07, 6.45) is 0. The van der Waals surface area contributed by atoms with Gasteiger partial charge in [-0.3, -0.25) is 0 Å². The van der Waals surface area contributed by atoms with Crippen molar-refractivity contribution in [3.05, 3.63) is 28.0 Å². The van der Waals surface area contributed by atoms with E-state index in [2.05, 4.69) is 30.9 Å². The first-order valence-electron chi connectivity index (χ1n) is 5.86. The Morgan fingerprint density at radius 3 is 2.37 bits per heavy atom. The van der Waals surface area contributed by atoms with E-state index in [1.807, 2.05) is 7.05 Å². The average Bonchev–Trinajstić information content (AvgIpc) is 2.65. The van der Waals surface area contributed by atoms with Crippen LogP contribution in [-0.4, -0.2) is 14.8 Å². The first-order valence-corrected chi connectivity index (χ1v) is 6.62. The third kappa shape index (κ3) is 2.69. The Morgan fingerprint density at radius 2 is 1.84 bits per heavy atom. The van der Waals surface area contributed by atoms with Gasteiger partial charge in [0.1, 0.15) is 0 Å². The molecule has 6 heteroatoms. The predicted molar refractivity (Wildman–Crippen MR) is 79.6 cm³/mol. The summed E-state index contributed by atoms with van der Waals surface area (Å²) in [5, 5.41) is 5.36. The molecule has 1 heterocycles. The smallest absolute Gasteiger partial charge is 0.160 e. The lowest BCUT2D eigenvalue weighted by Crippen LogP contribution is -2.13. The molecule has 0 unspecified atom stereocenters. The molecule has 0 saturated carbocycles. The van der Waals surface area contributed by atoms with Gasteiger partial charge in [-0.15, -0.1) is 0 Å². The number of aromatic nitrogens is 3. The molecule has 102 valence electrons. The standard InChI is InChI=1S/C13H16Cl2N4/c1-13(2,3)12-17-11(19(4)18-12)8-5-7(14)6-9(15)10(8)16/h5-6H,16H2,1-4H3. The fourth-order valence-corrected chi connectivity index (χ4v) is 2.20. The Morgan fingerprint density at radius 1 is 1.21 bits per heavy atom. The van der Waals surface area contributed by atoms with Crippen LogP contribution in [0, 0.1) is 0 Å². The van der Waals surface area contributed by atoms with Crippen molar-refractivity contribution in [2.45, 2.75) is 26.2 Å². The first-order chi connectivity index (χ1) is 8.70. The van der Waals surface area contributed by atoms with Crippen LogP contribution < -0.4 is 5.73 Å². The number of aryl methyl sites for hydroxylation is 1. The Balaban J connectivity index is 2.63. The van der Waals surface area contributed by atoms with Crippen molar-refractivity contribution < 1.29 is 0 Å². The largest absolute Gasteiger partial charge is 0.397 e. The van der Waals surface area contributed by atoms with Gasteiger partial charge in [-0.2, -0.15) is 5.10 Å². The van der Waals surface area contributed by atoms with Gasteiger partial charge in [0.05, 0.1) is 10.7 Å². The van der Waals surface area contributed by atoms with Crippen LogP contribution >= 0.6 is 23.2 Å². The summed E-state index contributed by atoms with van der Waals surface area (Å²) in [6.45, 7) is 6.17. The maximum Gasteiger partial charge on any atom is 0.160 e. The number of hydrogen-bond acceptors (Lipinski definition) is 3. The molecule has 2 aromatic rings. The zero-order valence-electron chi connectivity index (χ0n) is 11.3. The highest BCUT2D eigenvalue weighted by Crippen LogP contribution is 2.34. The van der Waals surface area contributed by atoms with Gasteiger partial charge in [-0.1, -0.05) is 44.0 Å². The summed E-state index contributed by atoms with van der Waals surface area (Å²) in [6, 6.07) is 3.36. The van der Waals surface area contributed by atoms with Gasteiger partial charge in [0.25, 0.3) is 0 Å². The van der Waals surface area contributed by atoms with Gasteiger partial charge in [0.15, 0.2) is 11.6 Å². The summed E-state index contributed by atoms with van der Waals surface area (Å²) in [5.74, 6) is 1.41. The quantitative estimate of drug-likeness (QED) is 0.817. The summed E-state index contributed by atoms with van der Waals surface area (Å²) < 4.78 is 1.69. The highest BCUT2D eigenvalue weighted by molar-refractivity contribution is 6.37. The number of nitrogens with two attached hydrogens (primary N) is 1. The minimum Gasteiger partial charge on any atom is -0.397 e. The summed E-state index contributed by atoms with van der Waals surface area (Å²) in [4.78, 5) is 4.55. The molecule has 19 heavy (non-hydrogen) atoms. The van der Waals surface area contributed by atoms with E-state index >= 15 is 0 Å². The molecular formula is C13H16Cl2N4. The van der Waals surface area contributed by atoms with Crippen molar-refractivity contribution in [2.24, 2.45) is 7.05 Å². The lowest BCUT2D eigenvalue weighted by molar-refractivity contribution is 0.538. The van der Waals surface area contributed by atoms with Crippen molar-refractivity contribution in [3.63, 3.8) is 0 Å². The van der Waals surface area contributed by atoms with Crippen molar-refractivity contribution in [3.8, 4) is 11.4 Å². The van der Waals surface area contributed by atoms with Crippen molar-refractivity contribution in [2.75, 3.05) is 5.73 Å². The normalized spacial score (nSPS) is 11.9. The molecule has 1 aromatic carbocycles. The van der Waals surface area contributed by atoms with Crippen LogP contribution in [0.4, 0.5) is 5.69 Å². The molecule has 2 N–H and O–H groups in total. The number of nitrogens with zero attached hydrogens (tertiary/aromatic N) is 3. The van der Waals surface area contributed by atoms with Crippen molar-refractivity contribution in [1.82, 2.24) is 14.8 Å². The molecule has 4 nitrogen and oxygen atoms in total. The lowest BCUT2D eigenvalue weighted by Gasteiger charge is -2.12. The third-order valence-electron chi connectivity index (χ3n) is 2.77. The van der Waals surface area contributed by atoms with Gasteiger partial charge in [0, 0.05) is 23.0 Å². The van der Waals surface area contributed by atoms with Gasteiger partial charge in [0.2, 0.25) is 0 Å². The summed E-state index contributed by atoms with van der Waals surface area (Å²) in [5.41, 5.74) is 7.02. The minimum atomic E-state index is -0.132. The number of nitrogen functional groups attached to an aromatic ring is 1. The second-order valence-corrected chi connectivity index (χ2v) is 6.33. The maximum atomic E-state index is 6.05. The van der Waals surface area contributed by atoms with Gasteiger partial charge >= 0.3 is 0 Å². The Kier molecular flexibility index (Phi) is 3.49. The Hall–Kier alpha value is -1.26. The molecule has 0 aliphatic rings. The van der Waals surface area contributed by atoms with E-state index in [1.54, 1.807) is 16.8 Å². The average molecular weight is 299 g/mol. The van der Waals surface area contributed by atoms with Gasteiger partial charge in [-0.05, 0) is 12.1 Å². The van der Waals surface area contributed by atoms with Crippen LogP contribution in [0.2, 0.25) is 10.0 Å². The van der Waals surface area contributed by atoms with E-state index in [-0.39, 0.29) is 5.41 Å². The highest BCUT2D eigenvalue weighted by Gasteiger charge is 2.22. The van der Waals surface area contributed by atoms with Crippen molar-refractivity contribution in [1.29, 1.82) is 0 Å². The van der Waals surface area contributed by atoms with E-state index < -0.39 is 0 Å². The SMILES string of the molecule is Cn1nc(C(C)(C)C)nc1-c1cc(Cl)cc(Cl)c1N. The molecule has 0 aliphatic carbocycles. The minimum absolute atomic E-state index is 0.132. The van der Waals surface area contributed by atoms with Crippen LogP contribution in [-0.2, 0) is 12.5 Å². The Labute approximate surface area is 122 Å². The lowest BCUT2D eigenvalue weighted by atomic mass is 9.96. The molecular weight excluding hydrogens is 283 g/mol. The molecule has 0 bridgehead atoms. The topological polar surface area (TPSA) is 56.7 Å². The number of halogens is 2. The van der Waals surface area contributed by atoms with Crippen LogP contribution in [0.25, 0.3) is 11.4 Å². The fourth-order valence-electron chi connectivity index (χ4n) is 1.71. The molecule has 0 amide bonds. The van der Waals surface area contributed by atoms with Crippen LogP contribution in [0.1, 0.15) is 26.6 Å². The van der Waals surface area contributed by atoms with Crippen LogP contribution in [0.3, 0.4) is 0 Å². The summed E-state index contributed by atoms with van der Waals surface area (Å²) >= 11 is 12.1. The molecule has 0 saturated heterocycles. The van der Waals surface area contributed by atoms with Gasteiger partial charge in [-0.25, -0.2) is 9.67 Å². The molecule has 0 spiro atoms. The third-order valence-corrected chi connectivity index (χ3v) is 3.30. The maximum absolute atomic E-state index is 6.05. The van der Waals surface area contributed by atoms with Crippen LogP contribution in [0.15, 0.2) is 12.1 Å². The predicted octanol–water partition coefficient (Wildman–Crippen LogP) is 3.67. The number of benzene rings is 1. The molecule has 1 aromatic heterocycles. The number of anilines is 1. The van der Waals surface area contributed by atoms with E-state index in [4.69, 9.17) is 28.9 Å². The second-order valence-electron chi connectivity index (χ2n) is 5.48. The fraction of sp³-hybridized carbons (Fsp3) is 0.385. The van der Waals surface area contributed by atoms with E-state index in [9.17, 15) is 0 Å². The molecule has 0 fully saturated rings. The zero-order valence-corrected chi connectivity index (χ0v) is 12.8. The second kappa shape index (κ2) is 4.69. The molecule has 2 rings (SSSR count). The highest BCUT2D eigenvalue weighted by atomic mass is 35.5. The molecule has 0 atom stereocenters. The van der Waals surface area contributed by atoms with E-state index in [0.29, 0.717) is 27.1 Å². The zero-order chi connectivity index (χ0) is 14.4. The van der Waals surface area contributed by atoms with Gasteiger partial charge < -0.3 is 5.73 Å². The van der Waals surface area contributed by atoms with E-state index in [1.165, 1.54) is 0 Å². The molecule has 0 aliphatic heterocycles. The van der Waals surface area contributed by atoms with Crippen LogP contribution in [0.5, 0.6) is 0 Å². The number of hydrogen-bond donors (Lipinski definition) is 1. The van der Waals surface area contributed by atoms with E-state index in [0.717, 1.165) is 5.82 Å². The number of rotatable bonds is 1.